The van der Waals surface area contributed by atoms with Crippen molar-refractivity contribution in [2.75, 3.05) is 0 Å². The summed E-state index contributed by atoms with van der Waals surface area (Å²) in [5.41, 5.74) is -0.803. The van der Waals surface area contributed by atoms with E-state index in [1.54, 1.807) is 0 Å². The van der Waals surface area contributed by atoms with Crippen LogP contribution in [0.5, 0.6) is 0 Å². The van der Waals surface area contributed by atoms with Gasteiger partial charge in [0.1, 0.15) is 5.82 Å². The molecule has 0 aliphatic heterocycles. The lowest BCUT2D eigenvalue weighted by molar-refractivity contribution is -0.137. The van der Waals surface area contributed by atoms with Gasteiger partial charge >= 0.3 is 12.1 Å². The van der Waals surface area contributed by atoms with Crippen molar-refractivity contribution in [3.05, 3.63) is 65.5 Å². The fourth-order valence-electron chi connectivity index (χ4n) is 1.95. The number of hydrogen-bond donors (Lipinski definition) is 1. The lowest BCUT2D eigenvalue weighted by atomic mass is 9.96. The molecule has 0 radical (unpaired) electrons. The largest absolute Gasteiger partial charge is 0.478 e. The summed E-state index contributed by atoms with van der Waals surface area (Å²) < 4.78 is 52.3. The van der Waals surface area contributed by atoms with Gasteiger partial charge in [-0.2, -0.15) is 13.2 Å². The predicted molar refractivity (Wildman–Crippen MR) is 73.5 cm³/mol. The molecule has 22 heavy (non-hydrogen) atoms. The fourth-order valence-corrected chi connectivity index (χ4v) is 1.95. The molecule has 2 nitrogen and oxygen atoms in total. The highest BCUT2D eigenvalue weighted by atomic mass is 19.4. The number of carboxylic acid groups (broad SMARTS) is 1. The van der Waals surface area contributed by atoms with E-state index in [-0.39, 0.29) is 16.7 Å². The summed E-state index contributed by atoms with van der Waals surface area (Å²) in [5, 5.41) is 8.63. The number of aliphatic carboxylic acids is 1. The van der Waals surface area contributed by atoms with E-state index in [1.165, 1.54) is 18.2 Å². The van der Waals surface area contributed by atoms with Crippen LogP contribution in [0.25, 0.3) is 17.2 Å². The van der Waals surface area contributed by atoms with E-state index in [0.717, 1.165) is 36.4 Å². The Kier molecular flexibility index (Phi) is 4.30. The molecule has 0 aliphatic carbocycles. The number of rotatable bonds is 3. The van der Waals surface area contributed by atoms with Crippen LogP contribution in [-0.4, -0.2) is 11.1 Å². The molecule has 0 spiro atoms. The number of alkyl halides is 3. The third kappa shape index (κ3) is 3.52. The molecule has 0 bridgehead atoms. The van der Waals surface area contributed by atoms with Gasteiger partial charge in [-0.1, -0.05) is 24.3 Å². The molecule has 6 heteroatoms. The minimum Gasteiger partial charge on any atom is -0.478 e. The molecule has 0 unspecified atom stereocenters. The summed E-state index contributed by atoms with van der Waals surface area (Å²) >= 11 is 0. The van der Waals surface area contributed by atoms with E-state index in [9.17, 15) is 22.4 Å². The average molecular weight is 310 g/mol. The highest BCUT2D eigenvalue weighted by molar-refractivity contribution is 5.88. The first-order valence-electron chi connectivity index (χ1n) is 6.16. The van der Waals surface area contributed by atoms with Crippen LogP contribution in [0.3, 0.4) is 0 Å². The number of halogens is 4. The van der Waals surface area contributed by atoms with Crippen LogP contribution in [0, 0.1) is 5.82 Å². The van der Waals surface area contributed by atoms with Crippen molar-refractivity contribution in [2.24, 2.45) is 0 Å². The van der Waals surface area contributed by atoms with Gasteiger partial charge in [0.05, 0.1) is 5.56 Å². The zero-order chi connectivity index (χ0) is 16.3. The number of carbonyl (C=O) groups is 1. The van der Waals surface area contributed by atoms with Crippen LogP contribution in [-0.2, 0) is 11.0 Å². The molecule has 2 aromatic carbocycles. The minimum atomic E-state index is -4.57. The molecular weight excluding hydrogens is 300 g/mol. The van der Waals surface area contributed by atoms with E-state index in [4.69, 9.17) is 5.11 Å². The zero-order valence-corrected chi connectivity index (χ0v) is 11.1. The Morgan fingerprint density at radius 2 is 1.73 bits per heavy atom. The molecule has 2 aromatic rings. The molecule has 0 saturated carbocycles. The van der Waals surface area contributed by atoms with Crippen molar-refractivity contribution in [3.63, 3.8) is 0 Å². The summed E-state index contributed by atoms with van der Waals surface area (Å²) in [6.45, 7) is 0. The smallest absolute Gasteiger partial charge is 0.416 e. The van der Waals surface area contributed by atoms with Gasteiger partial charge in [0.2, 0.25) is 0 Å². The van der Waals surface area contributed by atoms with Crippen LogP contribution in [0.2, 0.25) is 0 Å². The molecule has 0 fully saturated rings. The number of carboxylic acids is 1. The average Bonchev–Trinajstić information content (AvgIpc) is 2.44. The first-order valence-corrected chi connectivity index (χ1v) is 6.16. The Bertz CT molecular complexity index is 733. The molecule has 0 heterocycles. The van der Waals surface area contributed by atoms with Crippen molar-refractivity contribution in [1.82, 2.24) is 0 Å². The minimum absolute atomic E-state index is 0.0228. The van der Waals surface area contributed by atoms with Crippen LogP contribution in [0.4, 0.5) is 17.6 Å². The van der Waals surface area contributed by atoms with E-state index >= 15 is 0 Å². The topological polar surface area (TPSA) is 37.3 Å². The molecule has 0 aliphatic rings. The Labute approximate surface area is 123 Å². The lowest BCUT2D eigenvalue weighted by Crippen LogP contribution is -2.05. The van der Waals surface area contributed by atoms with Gasteiger partial charge in [-0.05, 0) is 35.4 Å². The second-order valence-corrected chi connectivity index (χ2v) is 4.45. The Hall–Kier alpha value is -2.63. The molecule has 0 amide bonds. The van der Waals surface area contributed by atoms with Gasteiger partial charge in [0.15, 0.2) is 0 Å². The lowest BCUT2D eigenvalue weighted by Gasteiger charge is -2.12. The summed E-state index contributed by atoms with van der Waals surface area (Å²) in [4.78, 5) is 10.6. The first kappa shape index (κ1) is 15.8. The van der Waals surface area contributed by atoms with Crippen molar-refractivity contribution < 1.29 is 27.5 Å². The maximum absolute atomic E-state index is 13.9. The monoisotopic (exact) mass is 310 g/mol. The van der Waals surface area contributed by atoms with Crippen molar-refractivity contribution >= 4 is 12.0 Å². The fraction of sp³-hybridized carbons (Fsp3) is 0.0625. The summed E-state index contributed by atoms with van der Waals surface area (Å²) in [7, 11) is 0. The van der Waals surface area contributed by atoms with Gasteiger partial charge < -0.3 is 5.11 Å². The standard InChI is InChI=1S/C16H10F4O2/c17-14-4-2-1-3-12(14)13-9-11(16(18,19)20)7-5-10(13)6-8-15(21)22/h1-9H,(H,21,22). The van der Waals surface area contributed by atoms with Crippen molar-refractivity contribution in [3.8, 4) is 11.1 Å². The molecule has 0 aromatic heterocycles. The molecule has 2 rings (SSSR count). The zero-order valence-electron chi connectivity index (χ0n) is 11.1. The second kappa shape index (κ2) is 6.01. The van der Waals surface area contributed by atoms with Crippen molar-refractivity contribution in [2.45, 2.75) is 6.18 Å². The van der Waals surface area contributed by atoms with Crippen LogP contribution in [0.15, 0.2) is 48.5 Å². The SMILES string of the molecule is O=C(O)C=Cc1ccc(C(F)(F)F)cc1-c1ccccc1F. The quantitative estimate of drug-likeness (QED) is 0.664. The number of benzene rings is 2. The molecule has 0 saturated heterocycles. The van der Waals surface area contributed by atoms with Gasteiger partial charge in [-0.15, -0.1) is 0 Å². The van der Waals surface area contributed by atoms with Crippen LogP contribution in [0.1, 0.15) is 11.1 Å². The summed E-state index contributed by atoms with van der Waals surface area (Å²) in [6.07, 6.45) is -2.66. The Balaban J connectivity index is 2.65. The third-order valence-corrected chi connectivity index (χ3v) is 2.95. The van der Waals surface area contributed by atoms with Gasteiger partial charge in [-0.3, -0.25) is 0 Å². The highest BCUT2D eigenvalue weighted by Crippen LogP contribution is 2.35. The van der Waals surface area contributed by atoms with E-state index in [1.807, 2.05) is 0 Å². The van der Waals surface area contributed by atoms with Crippen LogP contribution >= 0.6 is 0 Å². The van der Waals surface area contributed by atoms with Gasteiger partial charge in [0.25, 0.3) is 0 Å². The van der Waals surface area contributed by atoms with Crippen LogP contribution < -0.4 is 0 Å². The van der Waals surface area contributed by atoms with Gasteiger partial charge in [-0.25, -0.2) is 9.18 Å². The molecule has 114 valence electrons. The summed E-state index contributed by atoms with van der Waals surface area (Å²) in [6, 6.07) is 8.11. The first-order chi connectivity index (χ1) is 10.3. The molecular formula is C16H10F4O2. The maximum atomic E-state index is 13.9. The predicted octanol–water partition coefficient (Wildman–Crippen LogP) is 4.61. The molecule has 0 atom stereocenters. The van der Waals surface area contributed by atoms with Crippen molar-refractivity contribution in [1.29, 1.82) is 0 Å². The van der Waals surface area contributed by atoms with E-state index < -0.39 is 23.5 Å². The normalized spacial score (nSPS) is 11.8. The second-order valence-electron chi connectivity index (χ2n) is 4.45. The Morgan fingerprint density at radius 3 is 2.32 bits per heavy atom. The van der Waals surface area contributed by atoms with E-state index in [0.29, 0.717) is 0 Å². The van der Waals surface area contributed by atoms with E-state index in [2.05, 4.69) is 0 Å². The van der Waals surface area contributed by atoms with Gasteiger partial charge in [0, 0.05) is 11.6 Å². The number of hydrogen-bond acceptors (Lipinski definition) is 1. The maximum Gasteiger partial charge on any atom is 0.416 e. The highest BCUT2D eigenvalue weighted by Gasteiger charge is 2.31. The summed E-state index contributed by atoms with van der Waals surface area (Å²) in [5.74, 6) is -1.94. The Morgan fingerprint density at radius 1 is 1.05 bits per heavy atom. The third-order valence-electron chi connectivity index (χ3n) is 2.95. The molecule has 1 N–H and O–H groups in total.